The van der Waals surface area contributed by atoms with Crippen LogP contribution >= 0.6 is 11.3 Å². The summed E-state index contributed by atoms with van der Waals surface area (Å²) in [6.45, 7) is 4.25. The Hall–Kier alpha value is -2.54. The Kier molecular flexibility index (Phi) is 4.71. The quantitative estimate of drug-likeness (QED) is 0.696. The molecule has 24 heavy (non-hydrogen) atoms. The second kappa shape index (κ2) is 6.92. The van der Waals surface area contributed by atoms with Gasteiger partial charge in [0.15, 0.2) is 0 Å². The molecular formula is C17H19N5OS. The van der Waals surface area contributed by atoms with Gasteiger partial charge in [0.05, 0.1) is 17.6 Å². The number of amides is 1. The molecular weight excluding hydrogens is 322 g/mol. The van der Waals surface area contributed by atoms with Crippen molar-refractivity contribution in [1.29, 1.82) is 0 Å². The first-order chi connectivity index (χ1) is 11.5. The Labute approximate surface area is 144 Å². The summed E-state index contributed by atoms with van der Waals surface area (Å²) in [5.41, 5.74) is 7.98. The van der Waals surface area contributed by atoms with Crippen LogP contribution in [0.5, 0.6) is 0 Å². The van der Waals surface area contributed by atoms with Crippen LogP contribution in [0.4, 0.5) is 10.8 Å². The number of carbonyl (C=O) groups is 1. The highest BCUT2D eigenvalue weighted by Crippen LogP contribution is 2.19. The zero-order valence-corrected chi connectivity index (χ0v) is 14.4. The molecule has 1 amide bonds. The molecule has 0 unspecified atom stereocenters. The van der Waals surface area contributed by atoms with E-state index in [2.05, 4.69) is 34.3 Å². The normalized spacial score (nSPS) is 11.1. The van der Waals surface area contributed by atoms with E-state index in [0.29, 0.717) is 22.4 Å². The van der Waals surface area contributed by atoms with Crippen LogP contribution in [-0.2, 0) is 17.6 Å². The van der Waals surface area contributed by atoms with Gasteiger partial charge in [-0.25, -0.2) is 0 Å². The van der Waals surface area contributed by atoms with Gasteiger partial charge < -0.3 is 11.1 Å². The number of benzene rings is 1. The number of rotatable bonds is 5. The molecule has 2 heterocycles. The lowest BCUT2D eigenvalue weighted by molar-refractivity contribution is -0.115. The van der Waals surface area contributed by atoms with E-state index < -0.39 is 0 Å². The molecule has 3 aromatic rings. The number of nitrogen functional groups attached to an aromatic ring is 1. The minimum Gasteiger partial charge on any atom is -0.399 e. The van der Waals surface area contributed by atoms with Crippen LogP contribution in [0.3, 0.4) is 0 Å². The van der Waals surface area contributed by atoms with Gasteiger partial charge in [-0.1, -0.05) is 31.3 Å². The van der Waals surface area contributed by atoms with Crippen molar-refractivity contribution in [3.05, 3.63) is 41.0 Å². The highest BCUT2D eigenvalue weighted by Gasteiger charge is 2.11. The number of nitrogens with zero attached hydrogens (tertiary/aromatic N) is 3. The number of carbonyl (C=O) groups excluding carboxylic acids is 1. The molecule has 0 aliphatic heterocycles. The third kappa shape index (κ3) is 4.05. The van der Waals surface area contributed by atoms with Crippen LogP contribution in [-0.4, -0.2) is 21.1 Å². The first kappa shape index (κ1) is 16.3. The fourth-order valence-corrected chi connectivity index (χ4v) is 3.32. The van der Waals surface area contributed by atoms with E-state index in [1.165, 1.54) is 11.3 Å². The van der Waals surface area contributed by atoms with Gasteiger partial charge >= 0.3 is 0 Å². The molecule has 0 aliphatic carbocycles. The number of nitrogens with one attached hydrogen (secondary N) is 1. The van der Waals surface area contributed by atoms with Crippen molar-refractivity contribution in [3.63, 3.8) is 0 Å². The van der Waals surface area contributed by atoms with Gasteiger partial charge in [0.25, 0.3) is 0 Å². The number of fused-ring (bicyclic) bond motifs is 1. The van der Waals surface area contributed by atoms with Gasteiger partial charge in [-0.3, -0.25) is 9.78 Å². The highest BCUT2D eigenvalue weighted by molar-refractivity contribution is 7.15. The molecule has 3 rings (SSSR count). The Balaban J connectivity index is 1.66. The van der Waals surface area contributed by atoms with Crippen molar-refractivity contribution >= 4 is 39.0 Å². The predicted molar refractivity (Wildman–Crippen MR) is 96.9 cm³/mol. The average molecular weight is 341 g/mol. The molecule has 1 aromatic carbocycles. The molecule has 124 valence electrons. The first-order valence-electron chi connectivity index (χ1n) is 7.77. The van der Waals surface area contributed by atoms with E-state index in [0.717, 1.165) is 22.3 Å². The molecule has 2 aromatic heterocycles. The molecule has 6 nitrogen and oxygen atoms in total. The van der Waals surface area contributed by atoms with E-state index in [1.807, 2.05) is 24.3 Å². The monoisotopic (exact) mass is 341 g/mol. The largest absolute Gasteiger partial charge is 0.399 e. The van der Waals surface area contributed by atoms with Gasteiger partial charge in [0.1, 0.15) is 5.01 Å². The first-order valence-corrected chi connectivity index (χ1v) is 8.58. The molecule has 0 radical (unpaired) electrons. The maximum Gasteiger partial charge on any atom is 0.232 e. The van der Waals surface area contributed by atoms with Gasteiger partial charge in [-0.2, -0.15) is 0 Å². The molecule has 0 saturated heterocycles. The zero-order chi connectivity index (χ0) is 17.1. The summed E-state index contributed by atoms with van der Waals surface area (Å²) in [6, 6.07) is 9.29. The number of nitrogens with two attached hydrogens (primary N) is 1. The number of hydrogen-bond donors (Lipinski definition) is 2. The second-order valence-corrected chi connectivity index (χ2v) is 7.14. The number of anilines is 2. The van der Waals surface area contributed by atoms with Crippen LogP contribution in [0.15, 0.2) is 30.3 Å². The summed E-state index contributed by atoms with van der Waals surface area (Å²) in [6.07, 6.45) is 1.06. The highest BCUT2D eigenvalue weighted by atomic mass is 32.1. The van der Waals surface area contributed by atoms with Crippen molar-refractivity contribution in [3.8, 4) is 0 Å². The van der Waals surface area contributed by atoms with Crippen LogP contribution in [0.25, 0.3) is 10.9 Å². The number of pyridine rings is 1. The van der Waals surface area contributed by atoms with E-state index in [-0.39, 0.29) is 12.3 Å². The topological polar surface area (TPSA) is 93.8 Å². The van der Waals surface area contributed by atoms with Gasteiger partial charge in [0.2, 0.25) is 11.0 Å². The fraction of sp³-hybridized carbons (Fsp3) is 0.294. The summed E-state index contributed by atoms with van der Waals surface area (Å²) in [4.78, 5) is 16.7. The SMILES string of the molecule is CC(C)Cc1nnc(NC(=O)Cc2ccc3cc(N)ccc3n2)s1. The smallest absolute Gasteiger partial charge is 0.232 e. The zero-order valence-electron chi connectivity index (χ0n) is 13.6. The molecule has 3 N–H and O–H groups in total. The lowest BCUT2D eigenvalue weighted by Crippen LogP contribution is -2.15. The summed E-state index contributed by atoms with van der Waals surface area (Å²) >= 11 is 1.42. The van der Waals surface area contributed by atoms with E-state index in [4.69, 9.17) is 5.73 Å². The number of hydrogen-bond acceptors (Lipinski definition) is 6. The van der Waals surface area contributed by atoms with Crippen molar-refractivity contribution in [2.24, 2.45) is 5.92 Å². The van der Waals surface area contributed by atoms with Crippen molar-refractivity contribution in [2.75, 3.05) is 11.1 Å². The molecule has 0 bridgehead atoms. The molecule has 7 heteroatoms. The lowest BCUT2D eigenvalue weighted by Gasteiger charge is -2.04. The molecule has 0 spiro atoms. The third-order valence-electron chi connectivity index (χ3n) is 3.41. The van der Waals surface area contributed by atoms with Crippen LogP contribution in [0, 0.1) is 5.92 Å². The number of aromatic nitrogens is 3. The second-order valence-electron chi connectivity index (χ2n) is 6.08. The molecule has 0 atom stereocenters. The van der Waals surface area contributed by atoms with Crippen molar-refractivity contribution < 1.29 is 4.79 Å². The lowest BCUT2D eigenvalue weighted by atomic mass is 10.1. The molecule has 0 aliphatic rings. The predicted octanol–water partition coefficient (Wildman–Crippen LogP) is 3.05. The van der Waals surface area contributed by atoms with Crippen molar-refractivity contribution in [1.82, 2.24) is 15.2 Å². The van der Waals surface area contributed by atoms with E-state index >= 15 is 0 Å². The van der Waals surface area contributed by atoms with Crippen LogP contribution in [0.1, 0.15) is 24.5 Å². The third-order valence-corrected chi connectivity index (χ3v) is 4.27. The maximum atomic E-state index is 12.2. The summed E-state index contributed by atoms with van der Waals surface area (Å²) in [7, 11) is 0. The Morgan fingerprint density at radius 3 is 2.88 bits per heavy atom. The molecule has 0 fully saturated rings. The molecule has 0 saturated carbocycles. The van der Waals surface area contributed by atoms with Crippen molar-refractivity contribution in [2.45, 2.75) is 26.7 Å². The maximum absolute atomic E-state index is 12.2. The summed E-state index contributed by atoms with van der Waals surface area (Å²) in [5.74, 6) is 0.363. The van der Waals surface area contributed by atoms with Gasteiger partial charge in [-0.15, -0.1) is 10.2 Å². The standard InChI is InChI=1S/C17H19N5OS/c1-10(2)7-16-21-22-17(24-16)20-15(23)9-13-5-3-11-8-12(18)4-6-14(11)19-13/h3-6,8,10H,7,9,18H2,1-2H3,(H,20,22,23). The Morgan fingerprint density at radius 1 is 1.25 bits per heavy atom. The van der Waals surface area contributed by atoms with E-state index in [1.54, 1.807) is 6.07 Å². The summed E-state index contributed by atoms with van der Waals surface area (Å²) < 4.78 is 0. The minimum atomic E-state index is -0.149. The van der Waals surface area contributed by atoms with Gasteiger partial charge in [0, 0.05) is 17.5 Å². The van der Waals surface area contributed by atoms with Gasteiger partial charge in [-0.05, 0) is 30.2 Å². The minimum absolute atomic E-state index is 0.149. The van der Waals surface area contributed by atoms with Crippen LogP contribution < -0.4 is 11.1 Å². The van der Waals surface area contributed by atoms with E-state index in [9.17, 15) is 4.79 Å². The Morgan fingerprint density at radius 2 is 2.08 bits per heavy atom. The summed E-state index contributed by atoms with van der Waals surface area (Å²) in [5, 5.41) is 13.3. The average Bonchev–Trinajstić information content (AvgIpc) is 2.93. The van der Waals surface area contributed by atoms with Crippen LogP contribution in [0.2, 0.25) is 0 Å². The fourth-order valence-electron chi connectivity index (χ4n) is 2.35. The Bertz CT molecular complexity index is 874.